The molecular formula is C6H5BrN2S2. The molecule has 0 atom stereocenters. The van der Waals surface area contributed by atoms with E-state index in [4.69, 9.17) is 0 Å². The fourth-order valence-corrected chi connectivity index (χ4v) is 2.01. The van der Waals surface area contributed by atoms with Gasteiger partial charge < -0.3 is 0 Å². The van der Waals surface area contributed by atoms with Crippen molar-refractivity contribution < 1.29 is 0 Å². The van der Waals surface area contributed by atoms with Crippen LogP contribution in [-0.2, 0) is 0 Å². The Balaban J connectivity index is 0.000000605. The van der Waals surface area contributed by atoms with Crippen molar-refractivity contribution in [1.29, 1.82) is 0 Å². The summed E-state index contributed by atoms with van der Waals surface area (Å²) in [4.78, 5) is 9.26. The van der Waals surface area contributed by atoms with Gasteiger partial charge in [-0.1, -0.05) is 0 Å². The average molecular weight is 249 g/mol. The van der Waals surface area contributed by atoms with E-state index in [2.05, 4.69) is 9.97 Å². The zero-order chi connectivity index (χ0) is 6.81. The smallest absolute Gasteiger partial charge is 0.134 e. The molecule has 0 N–H and O–H groups in total. The van der Waals surface area contributed by atoms with Gasteiger partial charge >= 0.3 is 0 Å². The van der Waals surface area contributed by atoms with Gasteiger partial charge in [0.1, 0.15) is 5.01 Å². The maximum atomic E-state index is 4.15. The first kappa shape index (κ1) is 8.83. The van der Waals surface area contributed by atoms with Gasteiger partial charge in [-0.05, 0) is 0 Å². The molecule has 2 nitrogen and oxygen atoms in total. The van der Waals surface area contributed by atoms with Gasteiger partial charge in [-0.15, -0.1) is 39.7 Å². The predicted molar refractivity (Wildman–Crippen MR) is 53.5 cm³/mol. The first-order valence-electron chi connectivity index (χ1n) is 2.75. The van der Waals surface area contributed by atoms with E-state index >= 15 is 0 Å². The Morgan fingerprint density at radius 2 is 2.18 bits per heavy atom. The molecule has 2 heterocycles. The molecule has 0 saturated heterocycles. The summed E-state index contributed by atoms with van der Waals surface area (Å²) in [5.74, 6) is 0. The number of hydrogen-bond acceptors (Lipinski definition) is 4. The highest BCUT2D eigenvalue weighted by atomic mass is 79.9. The zero-order valence-electron chi connectivity index (χ0n) is 5.43. The van der Waals surface area contributed by atoms with Crippen molar-refractivity contribution in [3.05, 3.63) is 23.3 Å². The van der Waals surface area contributed by atoms with Crippen LogP contribution in [0, 0.1) is 0 Å². The summed E-state index contributed by atoms with van der Waals surface area (Å²) in [6.45, 7) is 0. The molecule has 0 unspecified atom stereocenters. The molecule has 2 rings (SSSR count). The predicted octanol–water partition coefficient (Wildman–Crippen LogP) is 2.84. The molecule has 0 aliphatic rings. The SMILES string of the molecule is Br.c1csc(-c2cncs2)n1. The first-order valence-corrected chi connectivity index (χ1v) is 4.51. The van der Waals surface area contributed by atoms with Crippen molar-refractivity contribution in [3.8, 4) is 9.88 Å². The second kappa shape index (κ2) is 3.94. The van der Waals surface area contributed by atoms with Crippen molar-refractivity contribution in [1.82, 2.24) is 9.97 Å². The monoisotopic (exact) mass is 248 g/mol. The van der Waals surface area contributed by atoms with Gasteiger partial charge in [0, 0.05) is 17.8 Å². The number of hydrogen-bond donors (Lipinski definition) is 0. The number of nitrogens with zero attached hydrogens (tertiary/aromatic N) is 2. The van der Waals surface area contributed by atoms with Gasteiger partial charge in [0.2, 0.25) is 0 Å². The van der Waals surface area contributed by atoms with Crippen molar-refractivity contribution >= 4 is 39.7 Å². The van der Waals surface area contributed by atoms with Gasteiger partial charge in [0.15, 0.2) is 0 Å². The van der Waals surface area contributed by atoms with Gasteiger partial charge in [0.25, 0.3) is 0 Å². The van der Waals surface area contributed by atoms with Crippen LogP contribution in [0.2, 0.25) is 0 Å². The maximum Gasteiger partial charge on any atom is 0.134 e. The van der Waals surface area contributed by atoms with Crippen LogP contribution in [0.1, 0.15) is 0 Å². The summed E-state index contributed by atoms with van der Waals surface area (Å²) in [5, 5.41) is 3.03. The van der Waals surface area contributed by atoms with E-state index in [1.165, 1.54) is 0 Å². The summed E-state index contributed by atoms with van der Waals surface area (Å²) in [5.41, 5.74) is 1.82. The van der Waals surface area contributed by atoms with Crippen LogP contribution < -0.4 is 0 Å². The van der Waals surface area contributed by atoms with E-state index in [0.717, 1.165) is 9.88 Å². The summed E-state index contributed by atoms with van der Waals surface area (Å²) in [7, 11) is 0. The standard InChI is InChI=1S/C6H4N2S2.BrH/c1-2-9-6(8-1)5-3-7-4-10-5;/h1-4H;1H. The van der Waals surface area contributed by atoms with Crippen LogP contribution in [0.3, 0.4) is 0 Å². The molecule has 2 aromatic rings. The Bertz CT molecular complexity index is 258. The van der Waals surface area contributed by atoms with E-state index in [9.17, 15) is 0 Å². The van der Waals surface area contributed by atoms with Crippen LogP contribution in [-0.4, -0.2) is 9.97 Å². The third-order valence-electron chi connectivity index (χ3n) is 1.08. The largest absolute Gasteiger partial charge is 0.252 e. The lowest BCUT2D eigenvalue weighted by atomic mass is 10.6. The van der Waals surface area contributed by atoms with Crippen LogP contribution in [0.4, 0.5) is 0 Å². The summed E-state index contributed by atoms with van der Waals surface area (Å²) in [6, 6.07) is 0. The Hall–Kier alpha value is -0.260. The summed E-state index contributed by atoms with van der Waals surface area (Å²) >= 11 is 3.26. The Labute approximate surface area is 82.7 Å². The van der Waals surface area contributed by atoms with Crippen molar-refractivity contribution in [2.45, 2.75) is 0 Å². The normalized spacial score (nSPS) is 9.09. The lowest BCUT2D eigenvalue weighted by molar-refractivity contribution is 1.39. The lowest BCUT2D eigenvalue weighted by Crippen LogP contribution is -1.64. The number of halogens is 1. The van der Waals surface area contributed by atoms with E-state index < -0.39 is 0 Å². The minimum atomic E-state index is 0. The molecule has 0 bridgehead atoms. The molecule has 58 valence electrons. The van der Waals surface area contributed by atoms with E-state index in [1.807, 2.05) is 17.1 Å². The minimum absolute atomic E-state index is 0. The first-order chi connectivity index (χ1) is 4.97. The van der Waals surface area contributed by atoms with Crippen molar-refractivity contribution in [3.63, 3.8) is 0 Å². The summed E-state index contributed by atoms with van der Waals surface area (Å²) in [6.07, 6.45) is 3.64. The molecule has 0 spiro atoms. The fourth-order valence-electron chi connectivity index (χ4n) is 0.667. The van der Waals surface area contributed by atoms with Crippen molar-refractivity contribution in [2.75, 3.05) is 0 Å². The molecule has 5 heteroatoms. The van der Waals surface area contributed by atoms with E-state index in [1.54, 1.807) is 28.9 Å². The van der Waals surface area contributed by atoms with E-state index in [-0.39, 0.29) is 17.0 Å². The highest BCUT2D eigenvalue weighted by Gasteiger charge is 1.99. The molecule has 0 radical (unpaired) electrons. The molecular weight excluding hydrogens is 244 g/mol. The Morgan fingerprint density at radius 1 is 1.27 bits per heavy atom. The Morgan fingerprint density at radius 3 is 2.73 bits per heavy atom. The topological polar surface area (TPSA) is 25.8 Å². The minimum Gasteiger partial charge on any atom is -0.252 e. The average Bonchev–Trinajstić information content (AvgIpc) is 2.59. The highest BCUT2D eigenvalue weighted by molar-refractivity contribution is 8.93. The van der Waals surface area contributed by atoms with Gasteiger partial charge in [-0.25, -0.2) is 4.98 Å². The van der Waals surface area contributed by atoms with Crippen LogP contribution in [0.5, 0.6) is 0 Å². The van der Waals surface area contributed by atoms with Crippen LogP contribution in [0.15, 0.2) is 23.3 Å². The fraction of sp³-hybridized carbons (Fsp3) is 0. The van der Waals surface area contributed by atoms with Crippen molar-refractivity contribution in [2.24, 2.45) is 0 Å². The van der Waals surface area contributed by atoms with Gasteiger partial charge in [-0.3, -0.25) is 4.98 Å². The number of rotatable bonds is 1. The molecule has 0 saturated carbocycles. The molecule has 0 amide bonds. The molecule has 0 aromatic carbocycles. The molecule has 11 heavy (non-hydrogen) atoms. The third-order valence-corrected chi connectivity index (χ3v) is 2.79. The van der Waals surface area contributed by atoms with Gasteiger partial charge in [0.05, 0.1) is 10.4 Å². The quantitative estimate of drug-likeness (QED) is 0.776. The van der Waals surface area contributed by atoms with Crippen LogP contribution >= 0.6 is 39.7 Å². The highest BCUT2D eigenvalue weighted by Crippen LogP contribution is 2.24. The zero-order valence-corrected chi connectivity index (χ0v) is 8.77. The third kappa shape index (κ3) is 1.85. The molecule has 0 fully saturated rings. The molecule has 2 aromatic heterocycles. The number of aromatic nitrogens is 2. The molecule has 0 aliphatic carbocycles. The number of thiazole rings is 2. The second-order valence-corrected chi connectivity index (χ2v) is 3.48. The maximum absolute atomic E-state index is 4.15. The van der Waals surface area contributed by atoms with E-state index in [0.29, 0.717) is 0 Å². The van der Waals surface area contributed by atoms with Gasteiger partial charge in [-0.2, -0.15) is 0 Å². The Kier molecular flexibility index (Phi) is 3.16. The van der Waals surface area contributed by atoms with Crippen LogP contribution in [0.25, 0.3) is 9.88 Å². The summed E-state index contributed by atoms with van der Waals surface area (Å²) < 4.78 is 0. The lowest BCUT2D eigenvalue weighted by Gasteiger charge is -1.81. The molecule has 0 aliphatic heterocycles. The second-order valence-electron chi connectivity index (χ2n) is 1.70.